The topological polar surface area (TPSA) is 155 Å². The Bertz CT molecular complexity index is 2350. The maximum Gasteiger partial charge on any atom is 0.259 e. The smallest absolute Gasteiger partial charge is 0.259 e. The number of benzene rings is 4. The highest BCUT2D eigenvalue weighted by Crippen LogP contribution is 2.51. The first-order valence-electron chi connectivity index (χ1n) is 20.6. The van der Waals surface area contributed by atoms with Crippen molar-refractivity contribution in [1.29, 1.82) is 5.26 Å². The minimum Gasteiger partial charge on any atom is -0.497 e. The van der Waals surface area contributed by atoms with Crippen LogP contribution in [-0.4, -0.2) is 87.9 Å². The number of carbonyl (C=O) groups excluding carboxylic acids is 1. The van der Waals surface area contributed by atoms with E-state index >= 15 is 0 Å². The number of amides is 1. The number of nitrogens with zero attached hydrogens (tertiary/aromatic N) is 6. The molecule has 5 atom stereocenters. The Kier molecular flexibility index (Phi) is 14.7. The number of nitriles is 1. The second-order valence-corrected chi connectivity index (χ2v) is 16.6. The summed E-state index contributed by atoms with van der Waals surface area (Å²) < 4.78 is 43.8. The van der Waals surface area contributed by atoms with Crippen molar-refractivity contribution in [2.75, 3.05) is 32.8 Å². The molecule has 0 spiro atoms. The van der Waals surface area contributed by atoms with E-state index in [0.29, 0.717) is 22.5 Å². The molecule has 1 unspecified atom stereocenters. The van der Waals surface area contributed by atoms with Crippen molar-refractivity contribution in [1.82, 2.24) is 24.2 Å². The molecule has 7 rings (SSSR count). The number of carbonyl (C=O) groups is 1. The van der Waals surface area contributed by atoms with Crippen LogP contribution in [0.1, 0.15) is 67.4 Å². The Balaban J connectivity index is 1.32. The lowest BCUT2D eigenvalue weighted by molar-refractivity contribution is -0.0938. The molecule has 1 N–H and O–H groups in total. The summed E-state index contributed by atoms with van der Waals surface area (Å²) in [7, 11) is 1.50. The largest absolute Gasteiger partial charge is 0.497 e. The van der Waals surface area contributed by atoms with E-state index in [-0.39, 0.29) is 43.4 Å². The van der Waals surface area contributed by atoms with Gasteiger partial charge in [0.2, 0.25) is 0 Å². The monoisotopic (exact) mass is 857 g/mol. The molecule has 322 valence electrons. The fourth-order valence-corrected chi connectivity index (χ4v) is 9.64. The Morgan fingerprint density at radius 2 is 1.47 bits per heavy atom. The van der Waals surface area contributed by atoms with Gasteiger partial charge in [-0.3, -0.25) is 9.36 Å². The number of hydrogen-bond acceptors (Lipinski definition) is 12. The van der Waals surface area contributed by atoms with Gasteiger partial charge in [0.25, 0.3) is 14.4 Å². The Labute approximate surface area is 363 Å². The Morgan fingerprint density at radius 1 is 0.855 bits per heavy atom. The molecule has 3 heterocycles. The molecule has 62 heavy (non-hydrogen) atoms. The average Bonchev–Trinajstić information content (AvgIpc) is 3.89. The van der Waals surface area contributed by atoms with E-state index in [2.05, 4.69) is 83.0 Å². The molecule has 2 aromatic heterocycles. The summed E-state index contributed by atoms with van der Waals surface area (Å²) in [5, 5.41) is 12.4. The maximum absolute atomic E-state index is 13.2. The molecule has 1 aliphatic heterocycles. The van der Waals surface area contributed by atoms with E-state index < -0.39 is 38.7 Å². The van der Waals surface area contributed by atoms with Crippen molar-refractivity contribution in [3.8, 4) is 11.8 Å². The van der Waals surface area contributed by atoms with Crippen molar-refractivity contribution >= 4 is 31.4 Å². The highest BCUT2D eigenvalue weighted by Gasteiger charge is 2.51. The van der Waals surface area contributed by atoms with Crippen molar-refractivity contribution in [2.24, 2.45) is 0 Å². The number of hydrogen-bond donors (Lipinski definition) is 1. The fourth-order valence-electron chi connectivity index (χ4n) is 7.87. The summed E-state index contributed by atoms with van der Waals surface area (Å²) in [6.07, 6.45) is 0.0761. The number of anilines is 1. The van der Waals surface area contributed by atoms with Gasteiger partial charge in [-0.15, -0.1) is 0 Å². The van der Waals surface area contributed by atoms with Crippen LogP contribution in [0.25, 0.3) is 11.2 Å². The number of ether oxygens (including phenoxy) is 4. The molecule has 14 nitrogen and oxygen atoms in total. The van der Waals surface area contributed by atoms with Crippen LogP contribution >= 0.6 is 8.53 Å². The molecule has 0 saturated carbocycles. The van der Waals surface area contributed by atoms with Crippen LogP contribution in [0.5, 0.6) is 5.75 Å². The number of imidazole rings is 1. The van der Waals surface area contributed by atoms with Crippen LogP contribution in [-0.2, 0) is 28.9 Å². The normalized spacial score (nSPS) is 18.3. The molecule has 1 saturated heterocycles. The molecule has 6 aromatic rings. The average molecular weight is 858 g/mol. The second kappa shape index (κ2) is 20.5. The molecule has 15 heteroatoms. The third kappa shape index (κ3) is 9.40. The minimum atomic E-state index is -1.75. The van der Waals surface area contributed by atoms with Crippen LogP contribution in [0.4, 0.5) is 5.82 Å². The number of fused-ring (bicyclic) bond motifs is 1. The van der Waals surface area contributed by atoms with Gasteiger partial charge >= 0.3 is 0 Å². The van der Waals surface area contributed by atoms with E-state index in [1.54, 1.807) is 49.4 Å². The number of rotatable bonds is 19. The number of nitrogens with one attached hydrogen (secondary N) is 1. The molecule has 0 bridgehead atoms. The molecule has 0 aliphatic carbocycles. The van der Waals surface area contributed by atoms with E-state index in [1.807, 2.05) is 66.7 Å². The van der Waals surface area contributed by atoms with Gasteiger partial charge in [-0.25, -0.2) is 19.6 Å². The SMILES string of the molecule is COc1ccc(C(OC[C@H]2O[C@@H](n3cnc4c(NC(=O)c5ccccc5)ncnc43)[C@H](OC)[C@@H]2OP(OCCC#N)N(C(C)C)C(C)C)(c2ccccc2)c2ccccc2)cc1. The highest BCUT2D eigenvalue weighted by atomic mass is 31.2. The lowest BCUT2D eigenvalue weighted by Gasteiger charge is -2.39. The van der Waals surface area contributed by atoms with Crippen molar-refractivity contribution in [3.63, 3.8) is 0 Å². The van der Waals surface area contributed by atoms with Crippen molar-refractivity contribution < 1.29 is 32.8 Å². The lowest BCUT2D eigenvalue weighted by atomic mass is 9.80. The predicted octanol–water partition coefficient (Wildman–Crippen LogP) is 8.67. The summed E-state index contributed by atoms with van der Waals surface area (Å²) in [5.74, 6) is 0.626. The van der Waals surface area contributed by atoms with Crippen LogP contribution in [0.3, 0.4) is 0 Å². The third-order valence-electron chi connectivity index (χ3n) is 10.7. The van der Waals surface area contributed by atoms with Crippen LogP contribution in [0.2, 0.25) is 0 Å². The fraction of sp³-hybridized carbons (Fsp3) is 0.340. The summed E-state index contributed by atoms with van der Waals surface area (Å²) in [6, 6.07) is 39.2. The van der Waals surface area contributed by atoms with Crippen LogP contribution in [0, 0.1) is 11.3 Å². The summed E-state index contributed by atoms with van der Waals surface area (Å²) >= 11 is 0. The summed E-state index contributed by atoms with van der Waals surface area (Å²) in [6.45, 7) is 8.55. The van der Waals surface area contributed by atoms with Crippen LogP contribution < -0.4 is 10.1 Å². The maximum atomic E-state index is 13.2. The first-order chi connectivity index (χ1) is 30.2. The van der Waals surface area contributed by atoms with Gasteiger partial charge in [0.15, 0.2) is 23.2 Å². The van der Waals surface area contributed by atoms with Crippen LogP contribution in [0.15, 0.2) is 128 Å². The van der Waals surface area contributed by atoms with Gasteiger partial charge in [-0.2, -0.15) is 5.26 Å². The summed E-state index contributed by atoms with van der Waals surface area (Å²) in [5.41, 5.74) is 2.83. The lowest BCUT2D eigenvalue weighted by Crippen LogP contribution is -2.42. The number of methoxy groups -OCH3 is 2. The van der Waals surface area contributed by atoms with Gasteiger partial charge in [0.1, 0.15) is 36.0 Å². The zero-order valence-electron chi connectivity index (χ0n) is 35.7. The van der Waals surface area contributed by atoms with E-state index in [0.717, 1.165) is 16.7 Å². The summed E-state index contributed by atoms with van der Waals surface area (Å²) in [4.78, 5) is 26.9. The van der Waals surface area contributed by atoms with E-state index in [9.17, 15) is 10.1 Å². The standard InChI is InChI=1S/C47H52N7O7P/c1-32(2)54(33(3)4)62(59-28-16-27-48)61-41-39(29-58-47(35-19-12-8-13-20-35,36-21-14-9-15-22-36)37-23-25-38(56-5)26-24-37)60-46(42(41)57-6)53-31-51-40-43(49-30-50-44(40)53)52-45(55)34-17-10-7-11-18-34/h7-15,17-26,30-33,39,41-42,46H,16,28-29H2,1-6H3,(H,49,50,52,55)/t39-,41-,42-,46-,62?/m1/s1. The molecule has 1 aliphatic rings. The Hall–Kier alpha value is -5.62. The molecule has 1 fully saturated rings. The van der Waals surface area contributed by atoms with Crippen molar-refractivity contribution in [2.45, 2.75) is 76.3 Å². The van der Waals surface area contributed by atoms with Gasteiger partial charge in [-0.05, 0) is 68.7 Å². The quantitative estimate of drug-likeness (QED) is 0.0471. The van der Waals surface area contributed by atoms with Gasteiger partial charge in [-0.1, -0.05) is 91.0 Å². The molecule has 0 radical (unpaired) electrons. The highest BCUT2D eigenvalue weighted by molar-refractivity contribution is 7.44. The molecule has 1 amide bonds. The van der Waals surface area contributed by atoms with E-state index in [1.165, 1.54) is 6.33 Å². The van der Waals surface area contributed by atoms with Crippen molar-refractivity contribution in [3.05, 3.63) is 150 Å². The third-order valence-corrected chi connectivity index (χ3v) is 12.8. The van der Waals surface area contributed by atoms with E-state index in [4.69, 9.17) is 28.0 Å². The first kappa shape index (κ1) is 44.4. The first-order valence-corrected chi connectivity index (χ1v) is 21.7. The number of aromatic nitrogens is 4. The molecular weight excluding hydrogens is 806 g/mol. The molecule has 4 aromatic carbocycles. The van der Waals surface area contributed by atoms with Gasteiger partial charge in [0, 0.05) is 24.8 Å². The zero-order valence-corrected chi connectivity index (χ0v) is 36.6. The predicted molar refractivity (Wildman–Crippen MR) is 236 cm³/mol. The van der Waals surface area contributed by atoms with Gasteiger partial charge < -0.3 is 33.3 Å². The second-order valence-electron chi connectivity index (χ2n) is 15.2. The molecular formula is C47H52N7O7P. The minimum absolute atomic E-state index is 0.0293. The zero-order chi connectivity index (χ0) is 43.6. The van der Waals surface area contributed by atoms with Gasteiger partial charge in [0.05, 0.1) is 39.1 Å². The Morgan fingerprint density at radius 3 is 2.05 bits per heavy atom.